The molecule has 0 radical (unpaired) electrons. The van der Waals surface area contributed by atoms with Crippen LogP contribution in [0.15, 0.2) is 30.3 Å². The standard InChI is InChI=1S/C22H26N2O3S/c1-14-9-10-17-18(12-14)28-22(24-20(25)15-6-3-2-4-7-15)19(17)21(26)23-13-16-8-5-11-27-16/h2-4,6-7,14,16H,5,8-13H2,1H3,(H,23,26)(H,24,25)/t14-,16+/m1/s1. The molecule has 148 valence electrons. The number of ether oxygens (including phenoxy) is 1. The Morgan fingerprint density at radius 3 is 2.75 bits per heavy atom. The Kier molecular flexibility index (Phi) is 5.78. The fraction of sp³-hybridized carbons (Fsp3) is 0.455. The molecule has 1 aromatic heterocycles. The van der Waals surface area contributed by atoms with Gasteiger partial charge in [0, 0.05) is 23.6 Å². The molecule has 0 saturated carbocycles. The van der Waals surface area contributed by atoms with E-state index in [2.05, 4.69) is 17.6 Å². The van der Waals surface area contributed by atoms with Crippen LogP contribution in [-0.2, 0) is 17.6 Å². The van der Waals surface area contributed by atoms with Crippen LogP contribution in [0.3, 0.4) is 0 Å². The third-order valence-corrected chi connectivity index (χ3v) is 6.69. The van der Waals surface area contributed by atoms with Gasteiger partial charge in [0.15, 0.2) is 0 Å². The molecule has 28 heavy (non-hydrogen) atoms. The van der Waals surface area contributed by atoms with Crippen molar-refractivity contribution >= 4 is 28.2 Å². The molecule has 1 saturated heterocycles. The minimum Gasteiger partial charge on any atom is -0.376 e. The average Bonchev–Trinajstić information content (AvgIpc) is 3.34. The Hall–Kier alpha value is -2.18. The number of hydrogen-bond donors (Lipinski definition) is 2. The van der Waals surface area contributed by atoms with E-state index in [1.54, 1.807) is 23.5 Å². The first kappa shape index (κ1) is 19.2. The van der Waals surface area contributed by atoms with Crippen molar-refractivity contribution in [3.63, 3.8) is 0 Å². The quantitative estimate of drug-likeness (QED) is 0.799. The smallest absolute Gasteiger partial charge is 0.256 e. The summed E-state index contributed by atoms with van der Waals surface area (Å²) in [5.74, 6) is 0.318. The summed E-state index contributed by atoms with van der Waals surface area (Å²) >= 11 is 1.55. The van der Waals surface area contributed by atoms with Crippen LogP contribution in [0, 0.1) is 5.92 Å². The van der Waals surface area contributed by atoms with E-state index in [0.29, 0.717) is 28.6 Å². The van der Waals surface area contributed by atoms with Crippen LogP contribution in [-0.4, -0.2) is 31.1 Å². The lowest BCUT2D eigenvalue weighted by molar-refractivity contribution is 0.0857. The van der Waals surface area contributed by atoms with Crippen LogP contribution in [0.2, 0.25) is 0 Å². The lowest BCUT2D eigenvalue weighted by Crippen LogP contribution is -2.33. The molecule has 0 unspecified atom stereocenters. The third-order valence-electron chi connectivity index (χ3n) is 5.52. The molecule has 0 spiro atoms. The minimum atomic E-state index is -0.180. The molecule has 1 aliphatic carbocycles. The first-order valence-electron chi connectivity index (χ1n) is 10.0. The van der Waals surface area contributed by atoms with Gasteiger partial charge in [-0.1, -0.05) is 25.1 Å². The highest BCUT2D eigenvalue weighted by atomic mass is 32.1. The van der Waals surface area contributed by atoms with E-state index in [1.165, 1.54) is 4.88 Å². The molecule has 2 atom stereocenters. The van der Waals surface area contributed by atoms with Crippen molar-refractivity contribution in [3.8, 4) is 0 Å². The van der Waals surface area contributed by atoms with Crippen molar-refractivity contribution in [2.45, 2.75) is 45.1 Å². The predicted molar refractivity (Wildman–Crippen MR) is 111 cm³/mol. The van der Waals surface area contributed by atoms with E-state index in [-0.39, 0.29) is 17.9 Å². The zero-order chi connectivity index (χ0) is 19.5. The number of rotatable bonds is 5. The van der Waals surface area contributed by atoms with Crippen LogP contribution >= 0.6 is 11.3 Å². The molecule has 2 N–H and O–H groups in total. The number of thiophene rings is 1. The molecule has 6 heteroatoms. The van der Waals surface area contributed by atoms with Crippen molar-refractivity contribution in [3.05, 3.63) is 51.9 Å². The van der Waals surface area contributed by atoms with Crippen LogP contribution < -0.4 is 10.6 Å². The van der Waals surface area contributed by atoms with Crippen LogP contribution in [0.5, 0.6) is 0 Å². The highest BCUT2D eigenvalue weighted by Gasteiger charge is 2.29. The topological polar surface area (TPSA) is 67.4 Å². The van der Waals surface area contributed by atoms with Crippen molar-refractivity contribution < 1.29 is 14.3 Å². The Morgan fingerprint density at radius 2 is 2.00 bits per heavy atom. The van der Waals surface area contributed by atoms with Gasteiger partial charge < -0.3 is 15.4 Å². The van der Waals surface area contributed by atoms with Crippen molar-refractivity contribution in [2.75, 3.05) is 18.5 Å². The molecule has 1 aliphatic heterocycles. The number of carbonyl (C=O) groups is 2. The molecule has 1 fully saturated rings. The summed E-state index contributed by atoms with van der Waals surface area (Å²) in [5, 5.41) is 6.69. The van der Waals surface area contributed by atoms with Crippen molar-refractivity contribution in [1.29, 1.82) is 0 Å². The van der Waals surface area contributed by atoms with Crippen molar-refractivity contribution in [1.82, 2.24) is 5.32 Å². The zero-order valence-corrected chi connectivity index (χ0v) is 16.9. The van der Waals surface area contributed by atoms with Crippen LogP contribution in [0.25, 0.3) is 0 Å². The SMILES string of the molecule is C[C@@H]1CCc2c(sc(NC(=O)c3ccccc3)c2C(=O)NC[C@@H]2CCCO2)C1. The lowest BCUT2D eigenvalue weighted by atomic mass is 9.88. The second-order valence-electron chi connectivity index (χ2n) is 7.72. The van der Waals surface area contributed by atoms with Crippen molar-refractivity contribution in [2.24, 2.45) is 5.92 Å². The largest absolute Gasteiger partial charge is 0.376 e. The number of amides is 2. The Balaban J connectivity index is 1.57. The fourth-order valence-corrected chi connectivity index (χ4v) is 5.35. The lowest BCUT2D eigenvalue weighted by Gasteiger charge is -2.19. The highest BCUT2D eigenvalue weighted by Crippen LogP contribution is 2.39. The van der Waals surface area contributed by atoms with E-state index in [9.17, 15) is 9.59 Å². The number of fused-ring (bicyclic) bond motifs is 1. The molecule has 2 heterocycles. The average molecular weight is 399 g/mol. The molecule has 5 nitrogen and oxygen atoms in total. The van der Waals surface area contributed by atoms with E-state index >= 15 is 0 Å². The summed E-state index contributed by atoms with van der Waals surface area (Å²) in [7, 11) is 0. The Morgan fingerprint density at radius 1 is 1.18 bits per heavy atom. The molecule has 2 amide bonds. The first-order valence-corrected chi connectivity index (χ1v) is 10.8. The zero-order valence-electron chi connectivity index (χ0n) is 16.1. The number of carbonyl (C=O) groups excluding carboxylic acids is 2. The van der Waals surface area contributed by atoms with E-state index in [4.69, 9.17) is 4.74 Å². The van der Waals surface area contributed by atoms with Gasteiger partial charge in [-0.3, -0.25) is 9.59 Å². The highest BCUT2D eigenvalue weighted by molar-refractivity contribution is 7.17. The number of benzene rings is 1. The second kappa shape index (κ2) is 8.45. The Bertz CT molecular complexity index is 856. The summed E-state index contributed by atoms with van der Waals surface area (Å²) in [6.45, 7) is 3.53. The molecular formula is C22H26N2O3S. The monoisotopic (exact) mass is 398 g/mol. The van der Waals surface area contributed by atoms with Gasteiger partial charge in [-0.15, -0.1) is 11.3 Å². The van der Waals surface area contributed by atoms with Crippen LogP contribution in [0.1, 0.15) is 57.3 Å². The molecular weight excluding hydrogens is 372 g/mol. The Labute approximate surface area is 169 Å². The maximum absolute atomic E-state index is 13.0. The molecule has 2 aromatic rings. The third kappa shape index (κ3) is 4.13. The molecule has 2 aliphatic rings. The van der Waals surface area contributed by atoms with Gasteiger partial charge in [0.2, 0.25) is 0 Å². The molecule has 4 rings (SSSR count). The number of anilines is 1. The van der Waals surface area contributed by atoms with Gasteiger partial charge in [0.05, 0.1) is 11.7 Å². The summed E-state index contributed by atoms with van der Waals surface area (Å²) in [6.07, 6.45) is 5.05. The number of nitrogens with one attached hydrogen (secondary N) is 2. The van der Waals surface area contributed by atoms with Gasteiger partial charge in [-0.25, -0.2) is 0 Å². The van der Waals surface area contributed by atoms with Gasteiger partial charge in [-0.2, -0.15) is 0 Å². The van der Waals surface area contributed by atoms with Gasteiger partial charge in [-0.05, 0) is 55.7 Å². The maximum Gasteiger partial charge on any atom is 0.256 e. The van der Waals surface area contributed by atoms with E-state index in [1.807, 2.05) is 18.2 Å². The van der Waals surface area contributed by atoms with Gasteiger partial charge in [0.1, 0.15) is 5.00 Å². The number of hydrogen-bond acceptors (Lipinski definition) is 4. The summed E-state index contributed by atoms with van der Waals surface area (Å²) in [5.41, 5.74) is 2.35. The second-order valence-corrected chi connectivity index (χ2v) is 8.83. The molecule has 1 aromatic carbocycles. The summed E-state index contributed by atoms with van der Waals surface area (Å²) in [6, 6.07) is 9.12. The fourth-order valence-electron chi connectivity index (χ4n) is 3.94. The normalized spacial score (nSPS) is 21.2. The molecule has 0 bridgehead atoms. The van der Waals surface area contributed by atoms with E-state index < -0.39 is 0 Å². The predicted octanol–water partition coefficient (Wildman–Crippen LogP) is 4.03. The van der Waals surface area contributed by atoms with Gasteiger partial charge >= 0.3 is 0 Å². The van der Waals surface area contributed by atoms with Crippen LogP contribution in [0.4, 0.5) is 5.00 Å². The van der Waals surface area contributed by atoms with E-state index in [0.717, 1.165) is 44.3 Å². The van der Waals surface area contributed by atoms with Gasteiger partial charge in [0.25, 0.3) is 11.8 Å². The maximum atomic E-state index is 13.0. The summed E-state index contributed by atoms with van der Waals surface area (Å²) < 4.78 is 5.62. The summed E-state index contributed by atoms with van der Waals surface area (Å²) in [4.78, 5) is 26.9. The minimum absolute atomic E-state index is 0.0980. The first-order chi connectivity index (χ1) is 13.6.